The van der Waals surface area contributed by atoms with Crippen LogP contribution in [0.2, 0.25) is 5.02 Å². The van der Waals surface area contributed by atoms with Crippen molar-refractivity contribution < 1.29 is 17.6 Å². The lowest BCUT2D eigenvalue weighted by molar-refractivity contribution is 0.403. The zero-order valence-electron chi connectivity index (χ0n) is 15.7. The van der Waals surface area contributed by atoms with Gasteiger partial charge in [0.2, 0.25) is 11.8 Å². The lowest BCUT2D eigenvalue weighted by atomic mass is 10.2. The molecule has 4 aromatic rings. The Bertz CT molecular complexity index is 1290. The summed E-state index contributed by atoms with van der Waals surface area (Å²) < 4.78 is 39.2. The smallest absolute Gasteiger partial charge is 0.265 e. The lowest BCUT2D eigenvalue weighted by Crippen LogP contribution is -2.14. The van der Waals surface area contributed by atoms with Crippen LogP contribution in [0.5, 0.6) is 5.75 Å². The van der Waals surface area contributed by atoms with Gasteiger partial charge in [-0.25, -0.2) is 8.42 Å². The molecule has 0 atom stereocenters. The first-order valence-corrected chi connectivity index (χ1v) is 10.7. The third-order valence-electron chi connectivity index (χ3n) is 4.22. The summed E-state index contributed by atoms with van der Waals surface area (Å²) in [5.41, 5.74) is 1.69. The van der Waals surface area contributed by atoms with Crippen LogP contribution in [0.1, 0.15) is 0 Å². The molecule has 0 spiro atoms. The Balaban J connectivity index is 1.63. The number of anilines is 1. The summed E-state index contributed by atoms with van der Waals surface area (Å²) in [6.45, 7) is 0. The van der Waals surface area contributed by atoms with E-state index in [0.717, 1.165) is 5.56 Å². The molecule has 0 saturated heterocycles. The lowest BCUT2D eigenvalue weighted by Gasteiger charge is -2.12. The third-order valence-corrected chi connectivity index (χ3v) is 5.86. The van der Waals surface area contributed by atoms with Crippen molar-refractivity contribution in [1.82, 2.24) is 10.2 Å². The molecule has 1 N–H and O–H groups in total. The van der Waals surface area contributed by atoms with Gasteiger partial charge in [0.15, 0.2) is 0 Å². The van der Waals surface area contributed by atoms with Gasteiger partial charge >= 0.3 is 0 Å². The van der Waals surface area contributed by atoms with Gasteiger partial charge in [0, 0.05) is 21.8 Å². The quantitative estimate of drug-likeness (QED) is 0.459. The van der Waals surface area contributed by atoms with E-state index in [4.69, 9.17) is 20.8 Å². The summed E-state index contributed by atoms with van der Waals surface area (Å²) in [6.07, 6.45) is 0. The Kier molecular flexibility index (Phi) is 5.43. The first-order valence-electron chi connectivity index (χ1n) is 8.82. The molecule has 0 aliphatic rings. The molecule has 1 heterocycles. The standard InChI is InChI=1S/C21H16ClN3O4S/c1-28-18-11-10-16(22)13-19(18)30(26,27)25-17-9-5-8-15(12-17)21-24-23-20(29-21)14-6-3-2-4-7-14/h2-13,25H,1H3. The molecule has 30 heavy (non-hydrogen) atoms. The highest BCUT2D eigenvalue weighted by molar-refractivity contribution is 7.92. The number of ether oxygens (including phenoxy) is 1. The fraction of sp³-hybridized carbons (Fsp3) is 0.0476. The van der Waals surface area contributed by atoms with E-state index in [2.05, 4.69) is 14.9 Å². The van der Waals surface area contributed by atoms with Gasteiger partial charge in [-0.15, -0.1) is 10.2 Å². The second-order valence-corrected chi connectivity index (χ2v) is 8.35. The zero-order chi connectivity index (χ0) is 21.1. The number of aromatic nitrogens is 2. The summed E-state index contributed by atoms with van der Waals surface area (Å²) in [5.74, 6) is 0.836. The SMILES string of the molecule is COc1ccc(Cl)cc1S(=O)(=O)Nc1cccc(-c2nnc(-c3ccccc3)o2)c1. The minimum atomic E-state index is -3.94. The van der Waals surface area contributed by atoms with Gasteiger partial charge in [0.25, 0.3) is 10.0 Å². The van der Waals surface area contributed by atoms with Gasteiger partial charge in [-0.3, -0.25) is 4.72 Å². The first-order chi connectivity index (χ1) is 14.5. The number of benzene rings is 3. The average Bonchev–Trinajstić information content (AvgIpc) is 3.25. The maximum Gasteiger partial charge on any atom is 0.265 e. The van der Waals surface area contributed by atoms with E-state index in [1.807, 2.05) is 30.3 Å². The highest BCUT2D eigenvalue weighted by Crippen LogP contribution is 2.30. The largest absolute Gasteiger partial charge is 0.495 e. The van der Waals surface area contributed by atoms with E-state index >= 15 is 0 Å². The van der Waals surface area contributed by atoms with Crippen LogP contribution in [0.4, 0.5) is 5.69 Å². The van der Waals surface area contributed by atoms with Gasteiger partial charge in [-0.2, -0.15) is 0 Å². The van der Waals surface area contributed by atoms with Crippen LogP contribution in [0, 0.1) is 0 Å². The monoisotopic (exact) mass is 441 g/mol. The van der Waals surface area contributed by atoms with Crippen molar-refractivity contribution in [1.29, 1.82) is 0 Å². The molecule has 0 unspecified atom stereocenters. The van der Waals surface area contributed by atoms with Crippen LogP contribution in [-0.2, 0) is 10.0 Å². The molecule has 7 nitrogen and oxygen atoms in total. The highest BCUT2D eigenvalue weighted by Gasteiger charge is 2.21. The van der Waals surface area contributed by atoms with Gasteiger partial charge < -0.3 is 9.15 Å². The molecule has 0 amide bonds. The summed E-state index contributed by atoms with van der Waals surface area (Å²) in [7, 11) is -2.55. The van der Waals surface area contributed by atoms with Crippen LogP contribution >= 0.6 is 11.6 Å². The summed E-state index contributed by atoms with van der Waals surface area (Å²) >= 11 is 5.97. The van der Waals surface area contributed by atoms with Crippen molar-refractivity contribution in [3.63, 3.8) is 0 Å². The topological polar surface area (TPSA) is 94.3 Å². The molecule has 0 saturated carbocycles. The van der Waals surface area contributed by atoms with Crippen molar-refractivity contribution in [2.45, 2.75) is 4.90 Å². The molecule has 0 fully saturated rings. The van der Waals surface area contributed by atoms with E-state index in [-0.39, 0.29) is 21.6 Å². The predicted molar refractivity (Wildman–Crippen MR) is 114 cm³/mol. The van der Waals surface area contributed by atoms with Gasteiger partial charge in [-0.1, -0.05) is 35.9 Å². The molecule has 152 valence electrons. The van der Waals surface area contributed by atoms with E-state index in [1.54, 1.807) is 30.3 Å². The maximum atomic E-state index is 12.9. The van der Waals surface area contributed by atoms with Crippen LogP contribution < -0.4 is 9.46 Å². The van der Waals surface area contributed by atoms with Crippen molar-refractivity contribution >= 4 is 27.3 Å². The fourth-order valence-electron chi connectivity index (χ4n) is 2.82. The zero-order valence-corrected chi connectivity index (χ0v) is 17.3. The highest BCUT2D eigenvalue weighted by atomic mass is 35.5. The number of nitrogens with zero attached hydrogens (tertiary/aromatic N) is 2. The third kappa shape index (κ3) is 4.14. The van der Waals surface area contributed by atoms with Crippen molar-refractivity contribution in [2.75, 3.05) is 11.8 Å². The number of rotatable bonds is 6. The minimum Gasteiger partial charge on any atom is -0.495 e. The second kappa shape index (κ2) is 8.17. The molecule has 0 bridgehead atoms. The number of nitrogens with one attached hydrogen (secondary N) is 1. The molecule has 1 aromatic heterocycles. The second-order valence-electron chi connectivity index (χ2n) is 6.26. The molecule has 4 rings (SSSR count). The molecular formula is C21H16ClN3O4S. The van der Waals surface area contributed by atoms with E-state index in [0.29, 0.717) is 17.1 Å². The van der Waals surface area contributed by atoms with Crippen LogP contribution in [0.25, 0.3) is 22.9 Å². The van der Waals surface area contributed by atoms with Crippen molar-refractivity contribution in [2.24, 2.45) is 0 Å². The van der Waals surface area contributed by atoms with Gasteiger partial charge in [-0.05, 0) is 48.5 Å². The van der Waals surface area contributed by atoms with E-state index in [9.17, 15) is 8.42 Å². The molecule has 3 aromatic carbocycles. The molecule has 0 radical (unpaired) electrons. The van der Waals surface area contributed by atoms with Crippen molar-refractivity contribution in [3.8, 4) is 28.7 Å². The van der Waals surface area contributed by atoms with Crippen molar-refractivity contribution in [3.05, 3.63) is 77.8 Å². The summed E-state index contributed by atoms with van der Waals surface area (Å²) in [6, 6.07) is 20.4. The normalized spacial score (nSPS) is 11.3. The Morgan fingerprint density at radius 1 is 0.900 bits per heavy atom. The number of halogens is 1. The van der Waals surface area contributed by atoms with Gasteiger partial charge in [0.05, 0.1) is 7.11 Å². The Morgan fingerprint density at radius 2 is 1.60 bits per heavy atom. The van der Waals surface area contributed by atoms with Crippen LogP contribution in [0.3, 0.4) is 0 Å². The van der Waals surface area contributed by atoms with E-state index < -0.39 is 10.0 Å². The Morgan fingerprint density at radius 3 is 2.33 bits per heavy atom. The molecule has 0 aliphatic heterocycles. The average molecular weight is 442 g/mol. The van der Waals surface area contributed by atoms with Crippen LogP contribution in [0.15, 0.2) is 82.1 Å². The van der Waals surface area contributed by atoms with E-state index in [1.165, 1.54) is 19.2 Å². The number of hydrogen-bond donors (Lipinski definition) is 1. The van der Waals surface area contributed by atoms with Crippen LogP contribution in [-0.4, -0.2) is 25.7 Å². The minimum absolute atomic E-state index is 0.0629. The number of hydrogen-bond acceptors (Lipinski definition) is 6. The number of sulfonamides is 1. The predicted octanol–water partition coefficient (Wildman–Crippen LogP) is 4.87. The fourth-order valence-corrected chi connectivity index (χ4v) is 4.31. The molecule has 9 heteroatoms. The summed E-state index contributed by atoms with van der Waals surface area (Å²) in [5, 5.41) is 8.41. The number of methoxy groups -OCH3 is 1. The molecule has 0 aliphatic carbocycles. The molecular weight excluding hydrogens is 426 g/mol. The first kappa shape index (κ1) is 19.9. The summed E-state index contributed by atoms with van der Waals surface area (Å²) in [4.78, 5) is -0.0629. The maximum absolute atomic E-state index is 12.9. The Labute approximate surface area is 178 Å². The Hall–Kier alpha value is -3.36. The van der Waals surface area contributed by atoms with Gasteiger partial charge in [0.1, 0.15) is 10.6 Å².